The fraction of sp³-hybridized carbons (Fsp3) is 0.516. The monoisotopic (exact) mass is 629 g/mol. The molecule has 0 saturated carbocycles. The predicted molar refractivity (Wildman–Crippen MR) is 174 cm³/mol. The highest BCUT2D eigenvalue weighted by Gasteiger charge is 2.26. The second-order valence-corrected chi connectivity index (χ2v) is 12.4. The quantitative estimate of drug-likeness (QED) is 0.170. The molecule has 1 saturated heterocycles. The molecule has 2 aromatic heterocycles. The van der Waals surface area contributed by atoms with E-state index in [9.17, 15) is 4.79 Å². The summed E-state index contributed by atoms with van der Waals surface area (Å²) >= 11 is 8.01. The number of nitrogens with zero attached hydrogens (tertiary/aromatic N) is 6. The molecule has 0 bridgehead atoms. The van der Waals surface area contributed by atoms with Gasteiger partial charge in [-0.25, -0.2) is 15.0 Å². The van der Waals surface area contributed by atoms with Crippen LogP contribution in [0.4, 0.5) is 21.2 Å². The van der Waals surface area contributed by atoms with Gasteiger partial charge >= 0.3 is 5.97 Å². The Kier molecular flexibility index (Phi) is 11.8. The summed E-state index contributed by atoms with van der Waals surface area (Å²) in [5.41, 5.74) is 3.64. The van der Waals surface area contributed by atoms with Gasteiger partial charge in [0.15, 0.2) is 16.8 Å². The van der Waals surface area contributed by atoms with E-state index in [0.717, 1.165) is 54.0 Å². The summed E-state index contributed by atoms with van der Waals surface area (Å²) in [5, 5.41) is 13.3. The third-order valence-electron chi connectivity index (χ3n) is 7.57. The van der Waals surface area contributed by atoms with Crippen LogP contribution in [0.15, 0.2) is 29.5 Å². The average Bonchev–Trinajstić information content (AvgIpc) is 3.60. The average molecular weight is 630 g/mol. The fourth-order valence-electron chi connectivity index (χ4n) is 5.45. The lowest BCUT2D eigenvalue weighted by Gasteiger charge is -2.24. The van der Waals surface area contributed by atoms with Gasteiger partial charge in [0.05, 0.1) is 18.7 Å². The number of halogens is 2. The molecule has 3 heterocycles. The van der Waals surface area contributed by atoms with Crippen LogP contribution in [-0.2, 0) is 17.8 Å². The third kappa shape index (κ3) is 8.70. The molecular weight excluding hydrogens is 589 g/mol. The van der Waals surface area contributed by atoms with E-state index in [1.54, 1.807) is 4.90 Å². The van der Waals surface area contributed by atoms with E-state index in [-0.39, 0.29) is 24.6 Å². The van der Waals surface area contributed by atoms with E-state index in [1.807, 2.05) is 26.0 Å². The van der Waals surface area contributed by atoms with E-state index in [2.05, 4.69) is 45.1 Å². The zero-order valence-corrected chi connectivity index (χ0v) is 26.9. The minimum atomic E-state index is -0.903. The molecule has 1 aliphatic heterocycles. The van der Waals surface area contributed by atoms with Crippen LogP contribution in [0.5, 0.6) is 0 Å². The van der Waals surface area contributed by atoms with Crippen LogP contribution in [0, 0.1) is 5.82 Å². The molecule has 3 aromatic rings. The van der Waals surface area contributed by atoms with Gasteiger partial charge in [0.1, 0.15) is 6.33 Å². The first kappa shape index (κ1) is 32.8. The standard InChI is InChI=1S/C31H41ClFN7O2S/c1-5-12-40(17-20(4)34-11-10-26(41)42)30-27(33)29(35-19-36-30)38-31-37-28(22-14-21(6-2)15-23(32)16-22)25(43-31)18-39-13-8-9-24(39)7-3/h14-16,19,24H,5-13,17-18H2,1-4H3,(H,41,42)(H,35,36,37,38)/t24-/m1/s1. The summed E-state index contributed by atoms with van der Waals surface area (Å²) in [6.07, 6.45) is 6.39. The van der Waals surface area contributed by atoms with Crippen molar-refractivity contribution in [3.8, 4) is 11.3 Å². The lowest BCUT2D eigenvalue weighted by Crippen LogP contribution is -2.31. The van der Waals surface area contributed by atoms with Crippen molar-refractivity contribution in [2.75, 3.05) is 36.4 Å². The van der Waals surface area contributed by atoms with Crippen molar-refractivity contribution in [2.24, 2.45) is 4.99 Å². The Morgan fingerprint density at radius 3 is 2.81 bits per heavy atom. The first-order valence-corrected chi connectivity index (χ1v) is 16.2. The second kappa shape index (κ2) is 15.5. The maximum atomic E-state index is 16.0. The number of benzene rings is 1. The molecule has 1 aromatic carbocycles. The van der Waals surface area contributed by atoms with Gasteiger partial charge in [-0.3, -0.25) is 14.7 Å². The molecule has 2 N–H and O–H groups in total. The Hall–Kier alpha value is -3.15. The first-order chi connectivity index (χ1) is 20.7. The summed E-state index contributed by atoms with van der Waals surface area (Å²) in [5.74, 6) is -1.27. The van der Waals surface area contributed by atoms with Crippen molar-refractivity contribution in [1.29, 1.82) is 0 Å². The topological polar surface area (TPSA) is 107 Å². The van der Waals surface area contributed by atoms with Crippen LogP contribution in [0.1, 0.15) is 70.2 Å². The number of carbonyl (C=O) groups is 1. The maximum Gasteiger partial charge on any atom is 0.305 e. The Morgan fingerprint density at radius 2 is 2.09 bits per heavy atom. The SMILES string of the molecule is CCCN(CC(C)=NCCC(=O)O)c1ncnc(Nc2nc(-c3cc(Cl)cc(CC)c3)c(CN3CCC[C@H]3CC)s2)c1F. The lowest BCUT2D eigenvalue weighted by molar-refractivity contribution is -0.136. The number of aliphatic carboxylic acids is 1. The molecule has 1 fully saturated rings. The number of anilines is 3. The molecular formula is C31H41ClFN7O2S. The molecule has 0 unspecified atom stereocenters. The van der Waals surface area contributed by atoms with Gasteiger partial charge in [-0.1, -0.05) is 43.7 Å². The van der Waals surface area contributed by atoms with E-state index in [4.69, 9.17) is 21.7 Å². The van der Waals surface area contributed by atoms with Crippen LogP contribution in [-0.4, -0.2) is 68.9 Å². The molecule has 0 aliphatic carbocycles. The minimum Gasteiger partial charge on any atom is -0.481 e. The van der Waals surface area contributed by atoms with Crippen LogP contribution >= 0.6 is 22.9 Å². The van der Waals surface area contributed by atoms with Crippen LogP contribution < -0.4 is 10.2 Å². The molecule has 9 nitrogen and oxygen atoms in total. The van der Waals surface area contributed by atoms with Gasteiger partial charge in [0, 0.05) is 46.9 Å². The number of nitrogens with one attached hydrogen (secondary N) is 1. The molecule has 0 spiro atoms. The van der Waals surface area contributed by atoms with Crippen molar-refractivity contribution < 1.29 is 14.3 Å². The molecule has 0 amide bonds. The number of hydrogen-bond acceptors (Lipinski definition) is 9. The van der Waals surface area contributed by atoms with Crippen molar-refractivity contribution in [2.45, 2.75) is 78.8 Å². The van der Waals surface area contributed by atoms with Crippen molar-refractivity contribution in [1.82, 2.24) is 19.9 Å². The number of likely N-dealkylation sites (tertiary alicyclic amines) is 1. The Bertz CT molecular complexity index is 1430. The number of carboxylic acid groups (broad SMARTS) is 1. The summed E-state index contributed by atoms with van der Waals surface area (Å²) in [6, 6.07) is 6.58. The Morgan fingerprint density at radius 1 is 1.28 bits per heavy atom. The number of rotatable bonds is 15. The van der Waals surface area contributed by atoms with Crippen LogP contribution in [0.25, 0.3) is 11.3 Å². The number of aryl methyl sites for hydroxylation is 1. The highest BCUT2D eigenvalue weighted by atomic mass is 35.5. The number of hydrogen-bond donors (Lipinski definition) is 2. The fourth-order valence-corrected chi connectivity index (χ4v) is 6.71. The van der Waals surface area contributed by atoms with Gasteiger partial charge in [0.2, 0.25) is 5.82 Å². The van der Waals surface area contributed by atoms with Crippen molar-refractivity contribution in [3.63, 3.8) is 0 Å². The van der Waals surface area contributed by atoms with Gasteiger partial charge in [0.25, 0.3) is 0 Å². The molecule has 12 heteroatoms. The minimum absolute atomic E-state index is 0.0476. The maximum absolute atomic E-state index is 16.0. The molecule has 1 aliphatic rings. The number of aromatic nitrogens is 3. The summed E-state index contributed by atoms with van der Waals surface area (Å²) in [7, 11) is 0. The van der Waals surface area contributed by atoms with E-state index in [0.29, 0.717) is 35.0 Å². The number of carboxylic acids is 1. The highest BCUT2D eigenvalue weighted by molar-refractivity contribution is 7.16. The molecule has 4 rings (SSSR count). The zero-order valence-electron chi connectivity index (χ0n) is 25.4. The molecule has 232 valence electrons. The van der Waals surface area contributed by atoms with Crippen molar-refractivity contribution in [3.05, 3.63) is 45.8 Å². The zero-order chi connectivity index (χ0) is 30.9. The van der Waals surface area contributed by atoms with E-state index < -0.39 is 11.8 Å². The van der Waals surface area contributed by atoms with Gasteiger partial charge in [-0.2, -0.15) is 4.39 Å². The van der Waals surface area contributed by atoms with E-state index >= 15 is 4.39 Å². The predicted octanol–water partition coefficient (Wildman–Crippen LogP) is 7.23. The van der Waals surface area contributed by atoms with Gasteiger partial charge in [-0.05, 0) is 69.3 Å². The molecule has 1 atom stereocenters. The number of aliphatic imine (C=N–C) groups is 1. The molecule has 43 heavy (non-hydrogen) atoms. The molecule has 0 radical (unpaired) electrons. The smallest absolute Gasteiger partial charge is 0.305 e. The van der Waals surface area contributed by atoms with Crippen molar-refractivity contribution >= 4 is 51.4 Å². The lowest BCUT2D eigenvalue weighted by atomic mass is 10.1. The number of thiazole rings is 1. The second-order valence-electron chi connectivity index (χ2n) is 10.8. The Balaban J connectivity index is 1.64. The van der Waals surface area contributed by atoms with Crippen LogP contribution in [0.2, 0.25) is 5.02 Å². The largest absolute Gasteiger partial charge is 0.481 e. The summed E-state index contributed by atoms with van der Waals surface area (Å²) in [4.78, 5) is 34.0. The highest BCUT2D eigenvalue weighted by Crippen LogP contribution is 2.37. The third-order valence-corrected chi connectivity index (χ3v) is 8.74. The van der Waals surface area contributed by atoms with Gasteiger partial charge in [-0.15, -0.1) is 0 Å². The van der Waals surface area contributed by atoms with E-state index in [1.165, 1.54) is 30.5 Å². The van der Waals surface area contributed by atoms with Gasteiger partial charge < -0.3 is 15.3 Å². The summed E-state index contributed by atoms with van der Waals surface area (Å²) in [6.45, 7) is 11.0. The Labute approximate surface area is 262 Å². The normalized spacial score (nSPS) is 15.7. The van der Waals surface area contributed by atoms with Crippen LogP contribution in [0.3, 0.4) is 0 Å². The first-order valence-electron chi connectivity index (χ1n) is 15.0. The summed E-state index contributed by atoms with van der Waals surface area (Å²) < 4.78 is 16.0.